The van der Waals surface area contributed by atoms with Crippen molar-refractivity contribution in [2.75, 3.05) is 20.4 Å². The smallest absolute Gasteiger partial charge is 0.223 e. The minimum absolute atomic E-state index is 0. The molecule has 0 fully saturated rings. The molecule has 23 heavy (non-hydrogen) atoms. The second kappa shape index (κ2) is 9.76. The van der Waals surface area contributed by atoms with E-state index in [1.54, 1.807) is 25.7 Å². The summed E-state index contributed by atoms with van der Waals surface area (Å²) in [7, 11) is 3.76. The van der Waals surface area contributed by atoms with Gasteiger partial charge in [0.2, 0.25) is 5.89 Å². The molecule has 6 nitrogen and oxygen atoms in total. The van der Waals surface area contributed by atoms with Crippen LogP contribution in [-0.2, 0) is 13.1 Å². The number of aromatic nitrogens is 2. The van der Waals surface area contributed by atoms with Crippen molar-refractivity contribution in [3.63, 3.8) is 0 Å². The highest BCUT2D eigenvalue weighted by atomic mass is 127. The fourth-order valence-corrected chi connectivity index (χ4v) is 2.44. The number of nitrogens with zero attached hydrogens (tertiary/aromatic N) is 4. The summed E-state index contributed by atoms with van der Waals surface area (Å²) in [6.45, 7) is 3.04. The lowest BCUT2D eigenvalue weighted by Crippen LogP contribution is -2.38. The van der Waals surface area contributed by atoms with Crippen molar-refractivity contribution in [2.24, 2.45) is 4.99 Å². The molecule has 1 heterocycles. The van der Waals surface area contributed by atoms with Crippen LogP contribution in [0.3, 0.4) is 0 Å². The molecule has 1 aromatic carbocycles. The maximum atomic E-state index is 4.95. The molecule has 0 spiro atoms. The van der Waals surface area contributed by atoms with E-state index in [0.717, 1.165) is 12.5 Å². The summed E-state index contributed by atoms with van der Waals surface area (Å²) in [6.07, 6.45) is 2.08. The predicted molar refractivity (Wildman–Crippen MR) is 104 cm³/mol. The topological polar surface area (TPSA) is 66.5 Å². The number of aliphatic imine (C=N–C) groups is 1. The van der Waals surface area contributed by atoms with Gasteiger partial charge in [-0.25, -0.2) is 0 Å². The monoisotopic (exact) mass is 447 g/mol. The van der Waals surface area contributed by atoms with Crippen molar-refractivity contribution in [2.45, 2.75) is 24.9 Å². The number of nitrogens with one attached hydrogen (secondary N) is 1. The Hall–Kier alpha value is -1.29. The number of thioether (sulfide) groups is 1. The van der Waals surface area contributed by atoms with Gasteiger partial charge in [0.25, 0.3) is 0 Å². The minimum atomic E-state index is 0. The predicted octanol–water partition coefficient (Wildman–Crippen LogP) is 2.93. The zero-order chi connectivity index (χ0) is 15.9. The van der Waals surface area contributed by atoms with E-state index in [1.807, 2.05) is 7.05 Å². The average molecular weight is 447 g/mol. The Morgan fingerprint density at radius 3 is 2.57 bits per heavy atom. The molecular formula is C15H22IN5OS. The molecule has 0 saturated carbocycles. The third-order valence-corrected chi connectivity index (χ3v) is 3.87. The highest BCUT2D eigenvalue weighted by Crippen LogP contribution is 2.15. The summed E-state index contributed by atoms with van der Waals surface area (Å²) in [5.41, 5.74) is 1.23. The first-order valence-electron chi connectivity index (χ1n) is 6.96. The lowest BCUT2D eigenvalue weighted by molar-refractivity contribution is 0.386. The number of aryl methyl sites for hydroxylation is 1. The van der Waals surface area contributed by atoms with Crippen molar-refractivity contribution in [3.8, 4) is 0 Å². The molecule has 126 valence electrons. The van der Waals surface area contributed by atoms with Crippen LogP contribution in [0.1, 0.15) is 17.3 Å². The fraction of sp³-hybridized carbons (Fsp3) is 0.400. The van der Waals surface area contributed by atoms with Crippen LogP contribution in [0.15, 0.2) is 38.7 Å². The first-order chi connectivity index (χ1) is 10.6. The molecule has 2 aromatic rings. The molecule has 0 aliphatic carbocycles. The summed E-state index contributed by atoms with van der Waals surface area (Å²) in [5.74, 6) is 1.97. The van der Waals surface area contributed by atoms with Crippen LogP contribution in [-0.4, -0.2) is 41.4 Å². The molecule has 0 atom stereocenters. The molecule has 0 bridgehead atoms. The van der Waals surface area contributed by atoms with E-state index in [-0.39, 0.29) is 24.0 Å². The number of rotatable bonds is 5. The van der Waals surface area contributed by atoms with Crippen molar-refractivity contribution in [1.82, 2.24) is 20.4 Å². The van der Waals surface area contributed by atoms with E-state index in [9.17, 15) is 0 Å². The quantitative estimate of drug-likeness (QED) is 0.329. The van der Waals surface area contributed by atoms with Gasteiger partial charge in [-0.1, -0.05) is 17.3 Å². The van der Waals surface area contributed by atoms with Gasteiger partial charge in [0.05, 0.1) is 6.54 Å². The van der Waals surface area contributed by atoms with E-state index in [1.165, 1.54) is 10.5 Å². The van der Waals surface area contributed by atoms with Gasteiger partial charge in [0.15, 0.2) is 11.8 Å². The summed E-state index contributed by atoms with van der Waals surface area (Å²) in [6, 6.07) is 8.54. The fourth-order valence-electron chi connectivity index (χ4n) is 2.04. The molecule has 1 N–H and O–H groups in total. The van der Waals surface area contributed by atoms with Gasteiger partial charge in [-0.2, -0.15) is 4.98 Å². The van der Waals surface area contributed by atoms with Crippen LogP contribution in [0, 0.1) is 6.92 Å². The van der Waals surface area contributed by atoms with Gasteiger partial charge in [0, 0.05) is 32.5 Å². The van der Waals surface area contributed by atoms with Crippen LogP contribution in [0.25, 0.3) is 0 Å². The Kier molecular flexibility index (Phi) is 8.38. The van der Waals surface area contributed by atoms with E-state index in [4.69, 9.17) is 4.52 Å². The zero-order valence-corrected chi connectivity index (χ0v) is 16.9. The number of hydrogen-bond acceptors (Lipinski definition) is 5. The second-order valence-corrected chi connectivity index (χ2v) is 5.71. The summed E-state index contributed by atoms with van der Waals surface area (Å²) in [4.78, 5) is 11.8. The van der Waals surface area contributed by atoms with Gasteiger partial charge in [-0.05, 0) is 24.0 Å². The average Bonchev–Trinajstić information content (AvgIpc) is 2.94. The standard InChI is InChI=1S/C15H21N5OS.HI/c1-11-18-14(19-21-11)9-17-15(16-2)20(3)10-12-5-7-13(22-4)8-6-12;/h5-8H,9-10H2,1-4H3,(H,16,17);1H. The molecule has 1 aromatic heterocycles. The highest BCUT2D eigenvalue weighted by molar-refractivity contribution is 14.0. The molecule has 8 heteroatoms. The molecule has 0 saturated heterocycles. The van der Waals surface area contributed by atoms with Crippen molar-refractivity contribution >= 4 is 41.7 Å². The largest absolute Gasteiger partial charge is 0.349 e. The molecule has 2 rings (SSSR count). The first-order valence-corrected chi connectivity index (χ1v) is 8.18. The summed E-state index contributed by atoms with van der Waals surface area (Å²) >= 11 is 1.74. The SMILES string of the molecule is CN=C(NCc1noc(C)n1)N(C)Cc1ccc(SC)cc1.I. The Bertz CT molecular complexity index is 629. The van der Waals surface area contributed by atoms with Crippen LogP contribution < -0.4 is 5.32 Å². The van der Waals surface area contributed by atoms with Gasteiger partial charge in [-0.15, -0.1) is 35.7 Å². The highest BCUT2D eigenvalue weighted by Gasteiger charge is 2.08. The molecule has 0 aliphatic rings. The Balaban J connectivity index is 0.00000264. The number of hydrogen-bond donors (Lipinski definition) is 1. The van der Waals surface area contributed by atoms with Gasteiger partial charge in [0.1, 0.15) is 0 Å². The van der Waals surface area contributed by atoms with Crippen LogP contribution >= 0.6 is 35.7 Å². The van der Waals surface area contributed by atoms with Gasteiger partial charge in [-0.3, -0.25) is 4.99 Å². The van der Waals surface area contributed by atoms with Gasteiger partial charge >= 0.3 is 0 Å². The van der Waals surface area contributed by atoms with Crippen molar-refractivity contribution in [1.29, 1.82) is 0 Å². The first kappa shape index (κ1) is 19.8. The minimum Gasteiger partial charge on any atom is -0.349 e. The molecular weight excluding hydrogens is 425 g/mol. The summed E-state index contributed by atoms with van der Waals surface area (Å²) < 4.78 is 4.95. The van der Waals surface area contributed by atoms with E-state index in [2.05, 4.69) is 55.9 Å². The molecule has 0 unspecified atom stereocenters. The number of guanidine groups is 1. The number of halogens is 1. The third kappa shape index (κ3) is 6.02. The Labute approximate surface area is 158 Å². The zero-order valence-electron chi connectivity index (χ0n) is 13.7. The lowest BCUT2D eigenvalue weighted by Gasteiger charge is -2.21. The molecule has 0 aliphatic heterocycles. The van der Waals surface area contributed by atoms with E-state index < -0.39 is 0 Å². The summed E-state index contributed by atoms with van der Waals surface area (Å²) in [5, 5.41) is 7.09. The maximum absolute atomic E-state index is 4.95. The lowest BCUT2D eigenvalue weighted by atomic mass is 10.2. The third-order valence-electron chi connectivity index (χ3n) is 3.13. The van der Waals surface area contributed by atoms with Crippen LogP contribution in [0.2, 0.25) is 0 Å². The Morgan fingerprint density at radius 2 is 2.04 bits per heavy atom. The van der Waals surface area contributed by atoms with Crippen LogP contribution in [0.5, 0.6) is 0 Å². The second-order valence-electron chi connectivity index (χ2n) is 4.83. The van der Waals surface area contributed by atoms with Crippen molar-refractivity contribution in [3.05, 3.63) is 41.5 Å². The molecule has 0 radical (unpaired) electrons. The number of benzene rings is 1. The van der Waals surface area contributed by atoms with E-state index >= 15 is 0 Å². The maximum Gasteiger partial charge on any atom is 0.223 e. The van der Waals surface area contributed by atoms with Crippen molar-refractivity contribution < 1.29 is 4.52 Å². The molecule has 0 amide bonds. The van der Waals surface area contributed by atoms with Crippen LogP contribution in [0.4, 0.5) is 0 Å². The Morgan fingerprint density at radius 1 is 1.35 bits per heavy atom. The normalized spacial score (nSPS) is 11.0. The van der Waals surface area contributed by atoms with E-state index in [0.29, 0.717) is 18.3 Å². The van der Waals surface area contributed by atoms with Gasteiger partial charge < -0.3 is 14.7 Å².